The Balaban J connectivity index is 1.56. The molecule has 0 unspecified atom stereocenters. The fraction of sp³-hybridized carbons (Fsp3) is 0.593. The van der Waals surface area contributed by atoms with Crippen LogP contribution in [0.15, 0.2) is 18.2 Å². The molecule has 1 aromatic heterocycles. The van der Waals surface area contributed by atoms with Gasteiger partial charge in [0.05, 0.1) is 5.56 Å². The minimum absolute atomic E-state index is 0.0523. The highest BCUT2D eigenvalue weighted by Crippen LogP contribution is 2.43. The molecular formula is C27H36ClFN6O4. The van der Waals surface area contributed by atoms with E-state index < -0.39 is 11.4 Å². The van der Waals surface area contributed by atoms with Crippen LogP contribution in [0.1, 0.15) is 65.2 Å². The first-order valence-electron chi connectivity index (χ1n) is 13.1. The summed E-state index contributed by atoms with van der Waals surface area (Å²) in [6.45, 7) is 15.5. The second-order valence-electron chi connectivity index (χ2n) is 11.9. The Bertz CT molecular complexity index is 1240. The van der Waals surface area contributed by atoms with Crippen molar-refractivity contribution in [3.8, 4) is 11.6 Å². The third-order valence-corrected chi connectivity index (χ3v) is 6.94. The summed E-state index contributed by atoms with van der Waals surface area (Å²) in [7, 11) is 0. The number of aromatic nitrogens is 3. The smallest absolute Gasteiger partial charge is 0.410 e. The minimum atomic E-state index is -0.556. The predicted octanol–water partition coefficient (Wildman–Crippen LogP) is 5.16. The molecule has 1 aromatic carbocycles. The van der Waals surface area contributed by atoms with Gasteiger partial charge in [0, 0.05) is 43.7 Å². The molecule has 0 bridgehead atoms. The van der Waals surface area contributed by atoms with E-state index in [-0.39, 0.29) is 52.0 Å². The first kappa shape index (κ1) is 28.8. The zero-order chi connectivity index (χ0) is 28.7. The molecule has 2 aliphatic rings. The molecule has 212 valence electrons. The standard InChI is InChI=1S/C27H36ClFN6O4/c1-16(2)35(17(3)4)23(36)19-12-18(29)8-9-20(19)38-22-21(30-24(28)32-31-22)33-11-10-27(13-33)14-34(15-27)25(37)39-26(5,6)7/h8-9,12,16-17H,10-11,13-15H2,1-7H3. The number of ether oxygens (including phenoxy) is 2. The first-order chi connectivity index (χ1) is 18.2. The van der Waals surface area contributed by atoms with Gasteiger partial charge in [-0.05, 0) is 84.7 Å². The van der Waals surface area contributed by atoms with Crippen molar-refractivity contribution in [3.05, 3.63) is 34.9 Å². The Hall–Kier alpha value is -3.21. The molecule has 1 spiro atoms. The average molecular weight is 563 g/mol. The molecule has 10 nitrogen and oxygen atoms in total. The fourth-order valence-corrected chi connectivity index (χ4v) is 5.34. The van der Waals surface area contributed by atoms with Gasteiger partial charge in [-0.1, -0.05) is 0 Å². The van der Waals surface area contributed by atoms with Crippen molar-refractivity contribution in [1.82, 2.24) is 25.0 Å². The molecule has 0 radical (unpaired) electrons. The molecule has 4 rings (SSSR count). The number of rotatable bonds is 6. The van der Waals surface area contributed by atoms with Gasteiger partial charge in [-0.3, -0.25) is 4.79 Å². The van der Waals surface area contributed by atoms with Gasteiger partial charge in [0.1, 0.15) is 17.2 Å². The van der Waals surface area contributed by atoms with Gasteiger partial charge in [-0.2, -0.15) is 4.98 Å². The summed E-state index contributed by atoms with van der Waals surface area (Å²) < 4.78 is 25.9. The molecule has 0 aliphatic carbocycles. The van der Waals surface area contributed by atoms with Crippen LogP contribution in [0.2, 0.25) is 5.28 Å². The van der Waals surface area contributed by atoms with E-state index in [2.05, 4.69) is 15.2 Å². The lowest BCUT2D eigenvalue weighted by Gasteiger charge is -2.47. The number of benzene rings is 1. The van der Waals surface area contributed by atoms with Crippen molar-refractivity contribution in [2.75, 3.05) is 31.1 Å². The average Bonchev–Trinajstić information content (AvgIpc) is 3.24. The number of halogens is 2. The lowest BCUT2D eigenvalue weighted by molar-refractivity contribution is -0.0266. The number of carbonyl (C=O) groups is 2. The number of nitrogens with zero attached hydrogens (tertiary/aromatic N) is 6. The summed E-state index contributed by atoms with van der Waals surface area (Å²) in [4.78, 5) is 35.6. The Kier molecular flexibility index (Phi) is 7.93. The zero-order valence-electron chi connectivity index (χ0n) is 23.5. The Morgan fingerprint density at radius 2 is 1.77 bits per heavy atom. The van der Waals surface area contributed by atoms with Crippen molar-refractivity contribution in [2.24, 2.45) is 5.41 Å². The van der Waals surface area contributed by atoms with Gasteiger partial charge in [0.15, 0.2) is 5.82 Å². The highest BCUT2D eigenvalue weighted by Gasteiger charge is 2.51. The van der Waals surface area contributed by atoms with Gasteiger partial charge in [-0.25, -0.2) is 9.18 Å². The molecule has 3 heterocycles. The Labute approximate surface area is 233 Å². The second-order valence-corrected chi connectivity index (χ2v) is 12.2. The summed E-state index contributed by atoms with van der Waals surface area (Å²) in [5.74, 6) is -0.348. The number of carbonyl (C=O) groups excluding carboxylic acids is 2. The van der Waals surface area contributed by atoms with Crippen LogP contribution >= 0.6 is 11.6 Å². The minimum Gasteiger partial charge on any atom is -0.444 e. The van der Waals surface area contributed by atoms with Crippen LogP contribution in [-0.4, -0.2) is 80.8 Å². The summed E-state index contributed by atoms with van der Waals surface area (Å²) in [6, 6.07) is 3.57. The monoisotopic (exact) mass is 562 g/mol. The van der Waals surface area contributed by atoms with Gasteiger partial charge >= 0.3 is 6.09 Å². The maximum absolute atomic E-state index is 14.3. The molecule has 2 saturated heterocycles. The van der Waals surface area contributed by atoms with Crippen LogP contribution in [0.5, 0.6) is 11.6 Å². The fourth-order valence-electron chi connectivity index (χ4n) is 5.22. The van der Waals surface area contributed by atoms with Gasteiger partial charge in [0.2, 0.25) is 5.28 Å². The number of hydrogen-bond acceptors (Lipinski definition) is 8. The summed E-state index contributed by atoms with van der Waals surface area (Å²) in [5, 5.41) is 7.91. The van der Waals surface area contributed by atoms with Crippen molar-refractivity contribution >= 4 is 29.4 Å². The van der Waals surface area contributed by atoms with E-state index in [9.17, 15) is 14.0 Å². The lowest BCUT2D eigenvalue weighted by Crippen LogP contribution is -2.60. The van der Waals surface area contributed by atoms with Gasteiger partial charge in [0.25, 0.3) is 11.8 Å². The van der Waals surface area contributed by atoms with E-state index >= 15 is 0 Å². The van der Waals surface area contributed by atoms with E-state index in [0.29, 0.717) is 32.0 Å². The molecule has 2 aromatic rings. The third kappa shape index (κ3) is 6.34. The third-order valence-electron chi connectivity index (χ3n) is 6.78. The van der Waals surface area contributed by atoms with Gasteiger partial charge < -0.3 is 24.2 Å². The van der Waals surface area contributed by atoms with Crippen molar-refractivity contribution in [1.29, 1.82) is 0 Å². The van der Waals surface area contributed by atoms with Crippen molar-refractivity contribution in [2.45, 2.75) is 72.6 Å². The molecule has 0 saturated carbocycles. The van der Waals surface area contributed by atoms with Crippen LogP contribution in [0.3, 0.4) is 0 Å². The zero-order valence-corrected chi connectivity index (χ0v) is 24.3. The molecule has 12 heteroatoms. The summed E-state index contributed by atoms with van der Waals surface area (Å²) in [6.07, 6.45) is 0.499. The number of anilines is 1. The predicted molar refractivity (Wildman–Crippen MR) is 145 cm³/mol. The quantitative estimate of drug-likeness (QED) is 0.476. The number of amides is 2. The molecule has 0 N–H and O–H groups in total. The maximum Gasteiger partial charge on any atom is 0.410 e. The van der Waals surface area contributed by atoms with Crippen LogP contribution in [0.4, 0.5) is 15.0 Å². The Morgan fingerprint density at radius 1 is 1.10 bits per heavy atom. The van der Waals surface area contributed by atoms with E-state index in [1.165, 1.54) is 12.1 Å². The summed E-state index contributed by atoms with van der Waals surface area (Å²) >= 11 is 6.11. The molecular weight excluding hydrogens is 527 g/mol. The largest absolute Gasteiger partial charge is 0.444 e. The topological polar surface area (TPSA) is 101 Å². The van der Waals surface area contributed by atoms with Gasteiger partial charge in [-0.15, -0.1) is 10.2 Å². The lowest BCUT2D eigenvalue weighted by atomic mass is 9.79. The van der Waals surface area contributed by atoms with E-state index in [4.69, 9.17) is 21.1 Å². The Morgan fingerprint density at radius 3 is 2.38 bits per heavy atom. The van der Waals surface area contributed by atoms with E-state index in [0.717, 1.165) is 12.5 Å². The number of likely N-dealkylation sites (tertiary alicyclic amines) is 1. The SMILES string of the molecule is CC(C)N(C(=O)c1cc(F)ccc1Oc1nnc(Cl)nc1N1CCC2(CN(C(=O)OC(C)(C)C)C2)C1)C(C)C. The highest BCUT2D eigenvalue weighted by atomic mass is 35.5. The van der Waals surface area contributed by atoms with E-state index in [1.807, 2.05) is 53.4 Å². The van der Waals surface area contributed by atoms with Crippen molar-refractivity contribution in [3.63, 3.8) is 0 Å². The normalized spacial score (nSPS) is 16.6. The van der Waals surface area contributed by atoms with Crippen molar-refractivity contribution < 1.29 is 23.5 Å². The molecule has 2 fully saturated rings. The molecule has 2 amide bonds. The van der Waals surface area contributed by atoms with Crippen LogP contribution in [0, 0.1) is 11.2 Å². The number of hydrogen-bond donors (Lipinski definition) is 0. The maximum atomic E-state index is 14.3. The van der Waals surface area contributed by atoms with Crippen LogP contribution in [0.25, 0.3) is 0 Å². The van der Waals surface area contributed by atoms with E-state index in [1.54, 1.807) is 9.80 Å². The first-order valence-corrected chi connectivity index (χ1v) is 13.5. The summed E-state index contributed by atoms with van der Waals surface area (Å²) in [5.41, 5.74) is -0.596. The van der Waals surface area contributed by atoms with Crippen LogP contribution in [-0.2, 0) is 4.74 Å². The molecule has 2 aliphatic heterocycles. The molecule has 39 heavy (non-hydrogen) atoms. The highest BCUT2D eigenvalue weighted by molar-refractivity contribution is 6.28. The second kappa shape index (κ2) is 10.7. The molecule has 0 atom stereocenters. The van der Waals surface area contributed by atoms with Crippen LogP contribution < -0.4 is 9.64 Å².